The summed E-state index contributed by atoms with van der Waals surface area (Å²) in [4.78, 5) is 27.9. The lowest BCUT2D eigenvalue weighted by molar-refractivity contribution is -0.129. The second-order valence-corrected chi connectivity index (χ2v) is 6.10. The average Bonchev–Trinajstić information content (AvgIpc) is 3.03. The van der Waals surface area contributed by atoms with E-state index in [2.05, 4.69) is 5.32 Å². The fourth-order valence-electron chi connectivity index (χ4n) is 2.56. The fourth-order valence-corrected chi connectivity index (χ4v) is 2.56. The zero-order chi connectivity index (χ0) is 16.1. The van der Waals surface area contributed by atoms with Crippen LogP contribution < -0.4 is 5.32 Å². The molecule has 1 aromatic rings. The molecule has 0 radical (unpaired) electrons. The fraction of sp³-hybridized carbons (Fsp3) is 0.625. The molecule has 122 valence electrons. The molecule has 6 nitrogen and oxygen atoms in total. The maximum absolute atomic E-state index is 12.1. The van der Waals surface area contributed by atoms with Crippen molar-refractivity contribution in [2.45, 2.75) is 19.8 Å². The molecular formula is C16H25N3O3. The first-order valence-electron chi connectivity index (χ1n) is 7.71. The number of nitrogens with one attached hydrogen (secondary N) is 1. The summed E-state index contributed by atoms with van der Waals surface area (Å²) < 4.78 is 5.46. The van der Waals surface area contributed by atoms with Gasteiger partial charge in [0.15, 0.2) is 0 Å². The Hall–Kier alpha value is -1.82. The van der Waals surface area contributed by atoms with Crippen LogP contribution in [-0.4, -0.2) is 61.9 Å². The third kappa shape index (κ3) is 4.59. The molecule has 0 unspecified atom stereocenters. The first-order chi connectivity index (χ1) is 10.5. The van der Waals surface area contributed by atoms with Crippen molar-refractivity contribution in [2.24, 2.45) is 5.92 Å². The van der Waals surface area contributed by atoms with Crippen LogP contribution in [0.5, 0.6) is 0 Å². The molecule has 2 heterocycles. The van der Waals surface area contributed by atoms with E-state index in [9.17, 15) is 9.59 Å². The topological polar surface area (TPSA) is 65.8 Å². The molecule has 1 saturated heterocycles. The summed E-state index contributed by atoms with van der Waals surface area (Å²) in [5.74, 6) is 1.55. The second-order valence-electron chi connectivity index (χ2n) is 6.10. The monoisotopic (exact) mass is 307 g/mol. The molecule has 22 heavy (non-hydrogen) atoms. The third-order valence-electron chi connectivity index (χ3n) is 3.87. The second kappa shape index (κ2) is 7.45. The van der Waals surface area contributed by atoms with E-state index >= 15 is 0 Å². The van der Waals surface area contributed by atoms with Crippen molar-refractivity contribution >= 4 is 11.8 Å². The number of likely N-dealkylation sites (tertiary alicyclic amines) is 1. The van der Waals surface area contributed by atoms with Gasteiger partial charge in [-0.3, -0.25) is 9.59 Å². The minimum atomic E-state index is -0.229. The Kier molecular flexibility index (Phi) is 5.60. The van der Waals surface area contributed by atoms with Gasteiger partial charge >= 0.3 is 0 Å². The number of nitrogens with zero attached hydrogens (tertiary/aromatic N) is 2. The van der Waals surface area contributed by atoms with Gasteiger partial charge in [-0.05, 0) is 33.2 Å². The van der Waals surface area contributed by atoms with E-state index in [1.165, 1.54) is 0 Å². The van der Waals surface area contributed by atoms with E-state index in [0.29, 0.717) is 32.5 Å². The van der Waals surface area contributed by atoms with E-state index in [1.807, 2.05) is 38.1 Å². The number of hydrogen-bond donors (Lipinski definition) is 1. The van der Waals surface area contributed by atoms with Crippen LogP contribution in [0.1, 0.15) is 17.9 Å². The Morgan fingerprint density at radius 2 is 2.23 bits per heavy atom. The molecule has 0 aliphatic carbocycles. The van der Waals surface area contributed by atoms with Gasteiger partial charge in [0, 0.05) is 39.0 Å². The smallest absolute Gasteiger partial charge is 0.225 e. The summed E-state index contributed by atoms with van der Waals surface area (Å²) in [6, 6.07) is 3.83. The third-order valence-corrected chi connectivity index (χ3v) is 3.87. The Morgan fingerprint density at radius 1 is 1.45 bits per heavy atom. The number of amides is 2. The van der Waals surface area contributed by atoms with Gasteiger partial charge in [-0.15, -0.1) is 0 Å². The minimum absolute atomic E-state index is 0.0380. The van der Waals surface area contributed by atoms with Crippen LogP contribution in [0.15, 0.2) is 16.5 Å². The van der Waals surface area contributed by atoms with Gasteiger partial charge in [-0.2, -0.15) is 0 Å². The highest BCUT2D eigenvalue weighted by Crippen LogP contribution is 2.17. The van der Waals surface area contributed by atoms with Crippen molar-refractivity contribution in [2.75, 3.05) is 40.3 Å². The molecule has 1 aliphatic heterocycles. The molecule has 2 amide bonds. The average molecular weight is 307 g/mol. The van der Waals surface area contributed by atoms with Crippen LogP contribution in [0, 0.1) is 12.8 Å². The molecule has 1 atom stereocenters. The number of likely N-dealkylation sites (N-methyl/N-ethyl adjacent to an activating group) is 1. The van der Waals surface area contributed by atoms with Crippen LogP contribution in [0.2, 0.25) is 0 Å². The zero-order valence-electron chi connectivity index (χ0n) is 13.6. The Morgan fingerprint density at radius 3 is 2.86 bits per heavy atom. The van der Waals surface area contributed by atoms with E-state index in [-0.39, 0.29) is 17.7 Å². The number of hydrogen-bond acceptors (Lipinski definition) is 4. The van der Waals surface area contributed by atoms with Crippen molar-refractivity contribution < 1.29 is 14.0 Å². The summed E-state index contributed by atoms with van der Waals surface area (Å²) in [6.45, 7) is 4.46. The summed E-state index contributed by atoms with van der Waals surface area (Å²) in [5, 5.41) is 2.90. The van der Waals surface area contributed by atoms with Gasteiger partial charge in [-0.25, -0.2) is 0 Å². The largest absolute Gasteiger partial charge is 0.466 e. The molecule has 1 aliphatic rings. The van der Waals surface area contributed by atoms with E-state index < -0.39 is 0 Å². The molecule has 0 spiro atoms. The van der Waals surface area contributed by atoms with Gasteiger partial charge in [0.05, 0.1) is 5.92 Å². The predicted molar refractivity (Wildman–Crippen MR) is 83.4 cm³/mol. The van der Waals surface area contributed by atoms with Gasteiger partial charge in [-0.1, -0.05) is 0 Å². The van der Waals surface area contributed by atoms with Gasteiger partial charge in [0.1, 0.15) is 11.5 Å². The number of aryl methyl sites for hydroxylation is 1. The standard InChI is InChI=1S/C16H25N3O3/c1-12-4-5-14(22-12)6-7-17-16(21)13-10-15(20)19(11-13)9-8-18(2)3/h4-5,13H,6-11H2,1-3H3,(H,17,21)/t13-/m1/s1. The molecule has 0 aromatic carbocycles. The summed E-state index contributed by atoms with van der Waals surface area (Å²) in [5.41, 5.74) is 0. The van der Waals surface area contributed by atoms with Crippen molar-refractivity contribution in [3.05, 3.63) is 23.7 Å². The van der Waals surface area contributed by atoms with Crippen LogP contribution >= 0.6 is 0 Å². The molecule has 6 heteroatoms. The molecule has 1 aromatic heterocycles. The van der Waals surface area contributed by atoms with Crippen molar-refractivity contribution in [3.8, 4) is 0 Å². The summed E-state index contributed by atoms with van der Waals surface area (Å²) in [7, 11) is 3.95. The van der Waals surface area contributed by atoms with Gasteiger partial charge in [0.25, 0.3) is 0 Å². The molecular weight excluding hydrogens is 282 g/mol. The number of carbonyl (C=O) groups excluding carboxylic acids is 2. The Bertz CT molecular complexity index is 524. The molecule has 1 fully saturated rings. The number of rotatable bonds is 7. The normalized spacial score (nSPS) is 18.3. The van der Waals surface area contributed by atoms with Crippen molar-refractivity contribution in [1.29, 1.82) is 0 Å². The van der Waals surface area contributed by atoms with Crippen LogP contribution in [-0.2, 0) is 16.0 Å². The molecule has 1 N–H and O–H groups in total. The lowest BCUT2D eigenvalue weighted by atomic mass is 10.1. The summed E-state index contributed by atoms with van der Waals surface area (Å²) in [6.07, 6.45) is 0.990. The summed E-state index contributed by atoms with van der Waals surface area (Å²) >= 11 is 0. The Balaban J connectivity index is 1.72. The van der Waals surface area contributed by atoms with Gasteiger partial charge in [0.2, 0.25) is 11.8 Å². The van der Waals surface area contributed by atoms with Crippen LogP contribution in [0.3, 0.4) is 0 Å². The van der Waals surface area contributed by atoms with Crippen molar-refractivity contribution in [1.82, 2.24) is 15.1 Å². The van der Waals surface area contributed by atoms with E-state index in [1.54, 1.807) is 4.90 Å². The lowest BCUT2D eigenvalue weighted by Crippen LogP contribution is -2.36. The molecule has 2 rings (SSSR count). The number of furan rings is 1. The minimum Gasteiger partial charge on any atom is -0.466 e. The Labute approximate surface area is 131 Å². The highest BCUT2D eigenvalue weighted by Gasteiger charge is 2.33. The van der Waals surface area contributed by atoms with E-state index in [0.717, 1.165) is 18.1 Å². The highest BCUT2D eigenvalue weighted by atomic mass is 16.3. The maximum Gasteiger partial charge on any atom is 0.225 e. The van der Waals surface area contributed by atoms with Crippen molar-refractivity contribution in [3.63, 3.8) is 0 Å². The van der Waals surface area contributed by atoms with Gasteiger partial charge < -0.3 is 19.5 Å². The van der Waals surface area contributed by atoms with Crippen LogP contribution in [0.4, 0.5) is 0 Å². The predicted octanol–water partition coefficient (Wildman–Crippen LogP) is 0.657. The first kappa shape index (κ1) is 16.5. The van der Waals surface area contributed by atoms with E-state index in [4.69, 9.17) is 4.42 Å². The number of carbonyl (C=O) groups is 2. The van der Waals surface area contributed by atoms with Crippen LogP contribution in [0.25, 0.3) is 0 Å². The SMILES string of the molecule is Cc1ccc(CCNC(=O)[C@@H]2CC(=O)N(CCN(C)C)C2)o1. The first-order valence-corrected chi connectivity index (χ1v) is 7.71. The molecule has 0 saturated carbocycles. The highest BCUT2D eigenvalue weighted by molar-refractivity contribution is 5.89. The zero-order valence-corrected chi connectivity index (χ0v) is 13.6. The lowest BCUT2D eigenvalue weighted by Gasteiger charge is -2.19. The maximum atomic E-state index is 12.1. The molecule has 0 bridgehead atoms. The quantitative estimate of drug-likeness (QED) is 0.803.